The smallest absolute Gasteiger partial charge is 0.250 e. The van der Waals surface area contributed by atoms with Crippen molar-refractivity contribution in [3.05, 3.63) is 23.3 Å². The van der Waals surface area contributed by atoms with Gasteiger partial charge in [0.15, 0.2) is 0 Å². The summed E-state index contributed by atoms with van der Waals surface area (Å²) in [4.78, 5) is 0. The maximum absolute atomic E-state index is 6.73. The van der Waals surface area contributed by atoms with E-state index in [1.54, 1.807) is 7.11 Å². The van der Waals surface area contributed by atoms with Crippen LogP contribution < -0.4 is 9.16 Å². The first-order valence-corrected chi connectivity index (χ1v) is 11.5. The van der Waals surface area contributed by atoms with Crippen molar-refractivity contribution in [3.63, 3.8) is 0 Å². The van der Waals surface area contributed by atoms with Crippen LogP contribution in [0, 0.1) is 12.3 Å². The molecule has 23 heavy (non-hydrogen) atoms. The van der Waals surface area contributed by atoms with Crippen LogP contribution in [0.25, 0.3) is 0 Å². The third kappa shape index (κ3) is 4.53. The standard InChI is InChI=1S/C20H36O2Si/c1-14-12-16(21-9)13-17(15(2)19(3,4)5)18(14)22-23(10,11)20(6,7)8/h12-13,15H,1-11H3/t15-/m1/s1. The summed E-state index contributed by atoms with van der Waals surface area (Å²) in [6, 6.07) is 4.24. The maximum Gasteiger partial charge on any atom is 0.250 e. The van der Waals surface area contributed by atoms with Crippen molar-refractivity contribution >= 4 is 8.32 Å². The first-order valence-electron chi connectivity index (χ1n) is 8.58. The summed E-state index contributed by atoms with van der Waals surface area (Å²) in [7, 11) is -0.151. The van der Waals surface area contributed by atoms with E-state index in [0.717, 1.165) is 11.5 Å². The van der Waals surface area contributed by atoms with E-state index in [9.17, 15) is 0 Å². The average Bonchev–Trinajstić information content (AvgIpc) is 2.37. The van der Waals surface area contributed by atoms with Crippen molar-refractivity contribution in [2.24, 2.45) is 5.41 Å². The summed E-state index contributed by atoms with van der Waals surface area (Å²) in [5.74, 6) is 2.37. The Morgan fingerprint density at radius 3 is 1.91 bits per heavy atom. The molecule has 1 aromatic carbocycles. The molecule has 3 heteroatoms. The van der Waals surface area contributed by atoms with Crippen LogP contribution in [-0.2, 0) is 0 Å². The lowest BCUT2D eigenvalue weighted by Gasteiger charge is -2.39. The van der Waals surface area contributed by atoms with Crippen LogP contribution in [0.5, 0.6) is 11.5 Å². The second kappa shape index (κ2) is 6.50. The molecule has 0 bridgehead atoms. The van der Waals surface area contributed by atoms with Gasteiger partial charge < -0.3 is 9.16 Å². The lowest BCUT2D eigenvalue weighted by molar-refractivity contribution is 0.330. The highest BCUT2D eigenvalue weighted by Gasteiger charge is 2.40. The molecule has 1 rings (SSSR count). The lowest BCUT2D eigenvalue weighted by Crippen LogP contribution is -2.44. The monoisotopic (exact) mass is 336 g/mol. The van der Waals surface area contributed by atoms with Gasteiger partial charge in [-0.3, -0.25) is 0 Å². The van der Waals surface area contributed by atoms with Gasteiger partial charge in [0.25, 0.3) is 8.32 Å². The number of hydrogen-bond acceptors (Lipinski definition) is 2. The topological polar surface area (TPSA) is 18.5 Å². The molecule has 0 N–H and O–H groups in total. The predicted octanol–water partition coefficient (Wildman–Crippen LogP) is 6.54. The molecule has 0 aliphatic heterocycles. The molecule has 0 spiro atoms. The van der Waals surface area contributed by atoms with Gasteiger partial charge in [-0.2, -0.15) is 0 Å². The van der Waals surface area contributed by atoms with Gasteiger partial charge in [0.2, 0.25) is 0 Å². The quantitative estimate of drug-likeness (QED) is 0.581. The fourth-order valence-corrected chi connectivity index (χ4v) is 3.32. The zero-order chi connectivity index (χ0) is 18.2. The largest absolute Gasteiger partial charge is 0.543 e. The zero-order valence-corrected chi connectivity index (χ0v) is 18.0. The van der Waals surface area contributed by atoms with Crippen LogP contribution in [0.2, 0.25) is 18.1 Å². The number of ether oxygens (including phenoxy) is 1. The normalized spacial score (nSPS) is 14.6. The molecule has 0 aromatic heterocycles. The number of aryl methyl sites for hydroxylation is 1. The number of hydrogen-bond donors (Lipinski definition) is 0. The molecule has 1 atom stereocenters. The fraction of sp³-hybridized carbons (Fsp3) is 0.700. The fourth-order valence-electron chi connectivity index (χ4n) is 2.22. The van der Waals surface area contributed by atoms with E-state index in [2.05, 4.69) is 80.6 Å². The van der Waals surface area contributed by atoms with Crippen molar-refractivity contribution in [1.82, 2.24) is 0 Å². The molecule has 0 radical (unpaired) electrons. The molecular weight excluding hydrogens is 300 g/mol. The highest BCUT2D eigenvalue weighted by Crippen LogP contribution is 2.45. The minimum atomic E-state index is -1.88. The molecule has 2 nitrogen and oxygen atoms in total. The van der Waals surface area contributed by atoms with Crippen molar-refractivity contribution in [1.29, 1.82) is 0 Å². The number of rotatable bonds is 4. The van der Waals surface area contributed by atoms with Gasteiger partial charge in [-0.15, -0.1) is 0 Å². The highest BCUT2D eigenvalue weighted by molar-refractivity contribution is 6.74. The van der Waals surface area contributed by atoms with E-state index in [1.165, 1.54) is 11.1 Å². The number of benzene rings is 1. The Morgan fingerprint density at radius 1 is 1.00 bits per heavy atom. The van der Waals surface area contributed by atoms with Gasteiger partial charge in [-0.25, -0.2) is 0 Å². The summed E-state index contributed by atoms with van der Waals surface area (Å²) in [5, 5.41) is 0.182. The summed E-state index contributed by atoms with van der Waals surface area (Å²) >= 11 is 0. The third-order valence-corrected chi connectivity index (χ3v) is 9.77. The predicted molar refractivity (Wildman–Crippen MR) is 103 cm³/mol. The Kier molecular flexibility index (Phi) is 5.68. The zero-order valence-electron chi connectivity index (χ0n) is 17.0. The van der Waals surface area contributed by atoms with E-state index in [1.807, 2.05) is 0 Å². The van der Waals surface area contributed by atoms with Crippen molar-refractivity contribution in [3.8, 4) is 11.5 Å². The minimum Gasteiger partial charge on any atom is -0.543 e. The minimum absolute atomic E-state index is 0.171. The van der Waals surface area contributed by atoms with Crippen LogP contribution in [-0.4, -0.2) is 15.4 Å². The molecular formula is C20H36O2Si. The molecule has 0 unspecified atom stereocenters. The van der Waals surface area contributed by atoms with Gasteiger partial charge in [0.05, 0.1) is 7.11 Å². The summed E-state index contributed by atoms with van der Waals surface area (Å²) in [6.45, 7) is 22.7. The molecule has 132 valence electrons. The Balaban J connectivity index is 3.47. The van der Waals surface area contributed by atoms with E-state index in [4.69, 9.17) is 9.16 Å². The second-order valence-corrected chi connectivity index (χ2v) is 14.0. The molecule has 0 aliphatic rings. The van der Waals surface area contributed by atoms with Gasteiger partial charge in [-0.05, 0) is 59.6 Å². The first kappa shape index (κ1) is 20.1. The molecule has 0 heterocycles. The molecule has 0 saturated carbocycles. The lowest BCUT2D eigenvalue weighted by atomic mass is 9.77. The third-order valence-electron chi connectivity index (χ3n) is 5.44. The molecule has 1 aromatic rings. The van der Waals surface area contributed by atoms with Gasteiger partial charge in [0.1, 0.15) is 11.5 Å². The summed E-state index contributed by atoms with van der Waals surface area (Å²) in [6.07, 6.45) is 0. The average molecular weight is 337 g/mol. The van der Waals surface area contributed by atoms with Crippen LogP contribution in [0.4, 0.5) is 0 Å². The summed E-state index contributed by atoms with van der Waals surface area (Å²) < 4.78 is 12.2. The van der Waals surface area contributed by atoms with E-state index >= 15 is 0 Å². The van der Waals surface area contributed by atoms with Crippen molar-refractivity contribution in [2.45, 2.75) is 79.4 Å². The Hall–Kier alpha value is -0.963. The molecule has 0 aliphatic carbocycles. The first-order chi connectivity index (χ1) is 10.2. The SMILES string of the molecule is COc1cc(C)c(O[Si](C)(C)C(C)(C)C)c([C@@H](C)C(C)(C)C)c1. The number of methoxy groups -OCH3 is 1. The Labute approximate surface area is 144 Å². The van der Waals surface area contributed by atoms with Crippen LogP contribution in [0.1, 0.15) is 65.5 Å². The van der Waals surface area contributed by atoms with Crippen LogP contribution >= 0.6 is 0 Å². The molecule has 0 fully saturated rings. The molecule has 0 saturated heterocycles. The van der Waals surface area contributed by atoms with E-state index < -0.39 is 8.32 Å². The van der Waals surface area contributed by atoms with E-state index in [-0.39, 0.29) is 10.5 Å². The second-order valence-electron chi connectivity index (χ2n) is 9.31. The van der Waals surface area contributed by atoms with Gasteiger partial charge in [-0.1, -0.05) is 48.5 Å². The molecule has 0 amide bonds. The van der Waals surface area contributed by atoms with Gasteiger partial charge >= 0.3 is 0 Å². The Morgan fingerprint density at radius 2 is 1.52 bits per heavy atom. The highest BCUT2D eigenvalue weighted by atomic mass is 28.4. The van der Waals surface area contributed by atoms with Crippen molar-refractivity contribution < 1.29 is 9.16 Å². The van der Waals surface area contributed by atoms with Gasteiger partial charge in [0, 0.05) is 0 Å². The summed E-state index contributed by atoms with van der Waals surface area (Å²) in [5.41, 5.74) is 2.60. The van der Waals surface area contributed by atoms with Crippen LogP contribution in [0.15, 0.2) is 12.1 Å². The van der Waals surface area contributed by atoms with E-state index in [0.29, 0.717) is 5.92 Å². The Bertz CT molecular complexity index is 548. The van der Waals surface area contributed by atoms with Crippen LogP contribution in [0.3, 0.4) is 0 Å². The van der Waals surface area contributed by atoms with Crippen molar-refractivity contribution in [2.75, 3.05) is 7.11 Å². The maximum atomic E-state index is 6.73.